The molecule has 0 aromatic rings. The molecule has 0 aromatic carbocycles. The van der Waals surface area contributed by atoms with E-state index in [-0.39, 0.29) is 5.03 Å². The van der Waals surface area contributed by atoms with Gasteiger partial charge in [-0.1, -0.05) is 69.6 Å². The van der Waals surface area contributed by atoms with Crippen molar-refractivity contribution in [2.45, 2.75) is 8.63 Å². The summed E-state index contributed by atoms with van der Waals surface area (Å²) in [5.74, 6) is 0. The van der Waals surface area contributed by atoms with Crippen LogP contribution in [0.15, 0.2) is 11.1 Å². The summed E-state index contributed by atoms with van der Waals surface area (Å²) in [6, 6.07) is 0. The van der Waals surface area contributed by atoms with Crippen LogP contribution in [0.1, 0.15) is 0 Å². The van der Waals surface area contributed by atoms with E-state index in [0.717, 1.165) is 6.08 Å². The first kappa shape index (κ1) is 11.5. The molecule has 0 nitrogen and oxygen atoms in total. The van der Waals surface area contributed by atoms with Crippen molar-refractivity contribution in [2.75, 3.05) is 0 Å². The van der Waals surface area contributed by atoms with Crippen LogP contribution < -0.4 is 0 Å². The van der Waals surface area contributed by atoms with Crippen LogP contribution in [0.5, 0.6) is 0 Å². The van der Waals surface area contributed by atoms with Crippen LogP contribution in [-0.2, 0) is 0 Å². The Morgan fingerprint density at radius 3 is 1.70 bits per heavy atom. The minimum atomic E-state index is -1.54. The van der Waals surface area contributed by atoms with Gasteiger partial charge < -0.3 is 0 Å². The smallest absolute Gasteiger partial charge is 0.0991 e. The monoisotopic (exact) mass is 260 g/mol. The van der Waals surface area contributed by atoms with Crippen LogP contribution >= 0.6 is 69.6 Å². The van der Waals surface area contributed by atoms with E-state index in [1.165, 1.54) is 0 Å². The largest absolute Gasteiger partial charge is 0.210 e. The predicted octanol–water partition coefficient (Wildman–Crippen LogP) is 4.28. The number of allylic oxidation sites excluding steroid dienone is 2. The van der Waals surface area contributed by atoms with Gasteiger partial charge in [-0.15, -0.1) is 0 Å². The maximum absolute atomic E-state index is 5.44. The molecule has 10 heavy (non-hydrogen) atoms. The van der Waals surface area contributed by atoms with E-state index in [1.807, 2.05) is 0 Å². The fourth-order valence-electron chi connectivity index (χ4n) is 0.219. The molecule has 0 saturated heterocycles. The van der Waals surface area contributed by atoms with Crippen LogP contribution in [0.25, 0.3) is 0 Å². The van der Waals surface area contributed by atoms with E-state index in [9.17, 15) is 0 Å². The molecule has 0 rings (SSSR count). The van der Waals surface area contributed by atoms with Crippen LogP contribution in [0.2, 0.25) is 0 Å². The highest BCUT2D eigenvalue weighted by atomic mass is 35.6. The molecule has 0 spiro atoms. The molecule has 0 aliphatic rings. The first-order valence-electron chi connectivity index (χ1n) is 2.06. The zero-order valence-corrected chi connectivity index (χ0v) is 8.96. The Labute approximate surface area is 89.0 Å². The fraction of sp³-hybridized carbons (Fsp3) is 0.500. The lowest BCUT2D eigenvalue weighted by Gasteiger charge is -2.05. The number of hydrogen-bond donors (Lipinski definition) is 0. The lowest BCUT2D eigenvalue weighted by molar-refractivity contribution is 1.39. The van der Waals surface area contributed by atoms with Crippen LogP contribution in [0.3, 0.4) is 0 Å². The Kier molecular flexibility index (Phi) is 5.16. The SMILES string of the molecule is ClC(=CC(Cl)(Cl)Cl)C(Cl)Cl. The highest BCUT2D eigenvalue weighted by Crippen LogP contribution is 2.32. The quantitative estimate of drug-likeness (QED) is 0.619. The molecule has 6 heteroatoms. The summed E-state index contributed by atoms with van der Waals surface area (Å²) in [6.07, 6.45) is 1.14. The minimum absolute atomic E-state index is 0.100. The van der Waals surface area contributed by atoms with Gasteiger partial charge in [0.1, 0.15) is 4.84 Å². The predicted molar refractivity (Wildman–Crippen MR) is 49.7 cm³/mol. The van der Waals surface area contributed by atoms with Gasteiger partial charge in [0.25, 0.3) is 0 Å². The summed E-state index contributed by atoms with van der Waals surface area (Å²) in [4.78, 5) is -0.850. The summed E-state index contributed by atoms with van der Waals surface area (Å²) in [5, 5.41) is 0.100. The molecule has 0 amide bonds. The molecule has 0 fully saturated rings. The van der Waals surface area contributed by atoms with Crippen LogP contribution in [0.4, 0.5) is 0 Å². The third kappa shape index (κ3) is 6.21. The highest BCUT2D eigenvalue weighted by molar-refractivity contribution is 6.69. The maximum atomic E-state index is 5.44. The van der Waals surface area contributed by atoms with Gasteiger partial charge in [0.15, 0.2) is 0 Å². The van der Waals surface area contributed by atoms with E-state index < -0.39 is 8.63 Å². The van der Waals surface area contributed by atoms with Gasteiger partial charge in [-0.3, -0.25) is 0 Å². The average molecular weight is 263 g/mol. The molecule has 0 aromatic heterocycles. The topological polar surface area (TPSA) is 0 Å². The Bertz CT molecular complexity index is 131. The molecule has 0 radical (unpaired) electrons. The van der Waals surface area contributed by atoms with Gasteiger partial charge in [-0.2, -0.15) is 0 Å². The molecule has 0 atom stereocenters. The summed E-state index contributed by atoms with van der Waals surface area (Å²) >= 11 is 32.1. The molecule has 60 valence electrons. The zero-order chi connectivity index (χ0) is 8.36. The van der Waals surface area contributed by atoms with E-state index >= 15 is 0 Å². The second kappa shape index (κ2) is 4.49. The zero-order valence-electron chi connectivity index (χ0n) is 4.42. The van der Waals surface area contributed by atoms with Crippen molar-refractivity contribution in [3.63, 3.8) is 0 Å². The molecule has 0 heterocycles. The lowest BCUT2D eigenvalue weighted by Crippen LogP contribution is -1.98. The van der Waals surface area contributed by atoms with Gasteiger partial charge in [-0.25, -0.2) is 0 Å². The molecule has 0 bridgehead atoms. The van der Waals surface area contributed by atoms with Gasteiger partial charge >= 0.3 is 0 Å². The third-order valence-electron chi connectivity index (χ3n) is 0.510. The number of hydrogen-bond acceptors (Lipinski definition) is 0. The van der Waals surface area contributed by atoms with E-state index in [4.69, 9.17) is 69.6 Å². The molecular formula is C4H2Cl6. The first-order valence-corrected chi connectivity index (χ1v) is 4.44. The molecule has 0 unspecified atom stereocenters. The second-order valence-electron chi connectivity index (χ2n) is 1.37. The van der Waals surface area contributed by atoms with Crippen molar-refractivity contribution in [1.82, 2.24) is 0 Å². The van der Waals surface area contributed by atoms with Gasteiger partial charge in [-0.05, 0) is 6.08 Å². The summed E-state index contributed by atoms with van der Waals surface area (Å²) < 4.78 is -1.54. The third-order valence-corrected chi connectivity index (χ3v) is 1.86. The van der Waals surface area contributed by atoms with E-state index in [0.29, 0.717) is 0 Å². The fourth-order valence-corrected chi connectivity index (χ4v) is 1.03. The van der Waals surface area contributed by atoms with E-state index in [1.54, 1.807) is 0 Å². The lowest BCUT2D eigenvalue weighted by atomic mass is 10.5. The van der Waals surface area contributed by atoms with E-state index in [2.05, 4.69) is 0 Å². The van der Waals surface area contributed by atoms with Crippen molar-refractivity contribution in [1.29, 1.82) is 0 Å². The molecular weight excluding hydrogens is 261 g/mol. The summed E-state index contributed by atoms with van der Waals surface area (Å²) in [5.41, 5.74) is 0. The molecule has 0 aliphatic heterocycles. The Hall–Kier alpha value is 1.48. The molecule has 0 saturated carbocycles. The minimum Gasteiger partial charge on any atom is -0.0991 e. The molecule has 0 aliphatic carbocycles. The highest BCUT2D eigenvalue weighted by Gasteiger charge is 2.18. The Morgan fingerprint density at radius 1 is 1.20 bits per heavy atom. The average Bonchev–Trinajstić information content (AvgIpc) is 1.60. The second-order valence-corrected chi connectivity index (χ2v) is 5.27. The standard InChI is InChI=1S/C4H2Cl6/c5-2(3(6)7)1-4(8,9)10/h1,3H. The number of alkyl halides is 5. The normalized spacial score (nSPS) is 14.5. The maximum Gasteiger partial charge on any atom is 0.210 e. The van der Waals surface area contributed by atoms with Gasteiger partial charge in [0, 0.05) is 0 Å². The summed E-state index contributed by atoms with van der Waals surface area (Å²) in [6.45, 7) is 0. The van der Waals surface area contributed by atoms with Crippen molar-refractivity contribution in [3.8, 4) is 0 Å². The number of rotatable bonds is 1. The van der Waals surface area contributed by atoms with Gasteiger partial charge in [0.05, 0.1) is 5.03 Å². The number of halogens is 6. The van der Waals surface area contributed by atoms with Crippen molar-refractivity contribution in [3.05, 3.63) is 11.1 Å². The summed E-state index contributed by atoms with van der Waals surface area (Å²) in [7, 11) is 0. The van der Waals surface area contributed by atoms with Crippen molar-refractivity contribution in [2.24, 2.45) is 0 Å². The Balaban J connectivity index is 4.17. The van der Waals surface area contributed by atoms with Crippen molar-refractivity contribution < 1.29 is 0 Å². The first-order chi connectivity index (χ1) is 4.33. The molecule has 0 N–H and O–H groups in total. The Morgan fingerprint density at radius 2 is 1.60 bits per heavy atom. The van der Waals surface area contributed by atoms with Crippen molar-refractivity contribution >= 4 is 69.6 Å². The van der Waals surface area contributed by atoms with Crippen LogP contribution in [-0.4, -0.2) is 8.63 Å². The van der Waals surface area contributed by atoms with Crippen LogP contribution in [0, 0.1) is 0 Å². The van der Waals surface area contributed by atoms with Gasteiger partial charge in [0.2, 0.25) is 3.79 Å².